The lowest BCUT2D eigenvalue weighted by molar-refractivity contribution is -0.139. The van der Waals surface area contributed by atoms with Gasteiger partial charge in [-0.1, -0.05) is 22.8 Å². The number of carbonyl (C=O) groups is 3. The molecule has 14 heteroatoms. The van der Waals surface area contributed by atoms with Gasteiger partial charge >= 0.3 is 12.1 Å². The topological polar surface area (TPSA) is 172 Å². The Hall–Kier alpha value is -5.56. The Kier molecular flexibility index (Phi) is 9.14. The standard InChI is InChI=1S/C32H28ClFN6O6/c1-32(2,3)45-31(44)36-21-11-7-19(8-12-21)29-39-27(40-46-29)22-13-4-17(14-23(22)34)15-24(30(42)43)38-28(41)25-16-35-26(37-25)18-5-9-20(33)10-6-18/h4-14,16,24H,15H2,1-3H3,(H,35,37)(H,36,44)(H,38,41)(H,42,43). The maximum Gasteiger partial charge on any atom is 0.412 e. The van der Waals surface area contributed by atoms with Gasteiger partial charge in [0.15, 0.2) is 0 Å². The van der Waals surface area contributed by atoms with Crippen LogP contribution in [-0.4, -0.2) is 54.8 Å². The van der Waals surface area contributed by atoms with Crippen molar-refractivity contribution in [2.75, 3.05) is 5.32 Å². The average molecular weight is 647 g/mol. The summed E-state index contributed by atoms with van der Waals surface area (Å²) in [5, 5.41) is 19.2. The highest BCUT2D eigenvalue weighted by atomic mass is 35.5. The van der Waals surface area contributed by atoms with Gasteiger partial charge in [0.2, 0.25) is 5.82 Å². The summed E-state index contributed by atoms with van der Waals surface area (Å²) in [6.07, 6.45) is 0.497. The third-order valence-corrected chi connectivity index (χ3v) is 6.71. The minimum absolute atomic E-state index is 0.0196. The summed E-state index contributed by atoms with van der Waals surface area (Å²) < 4.78 is 25.7. The van der Waals surface area contributed by atoms with E-state index in [0.29, 0.717) is 33.2 Å². The first kappa shape index (κ1) is 31.9. The number of halogens is 2. The second kappa shape index (κ2) is 13.2. The number of benzene rings is 3. The highest BCUT2D eigenvalue weighted by molar-refractivity contribution is 6.30. The highest BCUT2D eigenvalue weighted by Gasteiger charge is 2.24. The second-order valence-corrected chi connectivity index (χ2v) is 11.6. The van der Waals surface area contributed by atoms with Crippen LogP contribution in [0, 0.1) is 5.82 Å². The molecule has 0 saturated carbocycles. The first-order chi connectivity index (χ1) is 21.8. The number of hydrogen-bond donors (Lipinski definition) is 4. The molecule has 46 heavy (non-hydrogen) atoms. The van der Waals surface area contributed by atoms with Crippen molar-refractivity contribution in [3.8, 4) is 34.2 Å². The quantitative estimate of drug-likeness (QED) is 0.142. The van der Waals surface area contributed by atoms with E-state index in [4.69, 9.17) is 20.9 Å². The molecule has 0 aliphatic heterocycles. The Balaban J connectivity index is 1.23. The van der Waals surface area contributed by atoms with Crippen LogP contribution in [-0.2, 0) is 16.0 Å². The van der Waals surface area contributed by atoms with Crippen molar-refractivity contribution in [1.82, 2.24) is 25.4 Å². The van der Waals surface area contributed by atoms with Crippen LogP contribution in [0.5, 0.6) is 0 Å². The molecular formula is C32H28ClFN6O6. The van der Waals surface area contributed by atoms with E-state index in [0.717, 1.165) is 6.07 Å². The Bertz CT molecular complexity index is 1880. The minimum atomic E-state index is -1.36. The van der Waals surface area contributed by atoms with Crippen LogP contribution in [0.4, 0.5) is 14.9 Å². The van der Waals surface area contributed by atoms with E-state index in [1.54, 1.807) is 69.3 Å². The van der Waals surface area contributed by atoms with Crippen LogP contribution in [0.2, 0.25) is 5.02 Å². The number of anilines is 1. The van der Waals surface area contributed by atoms with Gasteiger partial charge in [-0.3, -0.25) is 10.1 Å². The molecule has 0 spiro atoms. The van der Waals surface area contributed by atoms with Crippen LogP contribution >= 0.6 is 11.6 Å². The highest BCUT2D eigenvalue weighted by Crippen LogP contribution is 2.26. The zero-order valence-electron chi connectivity index (χ0n) is 24.8. The number of amides is 2. The summed E-state index contributed by atoms with van der Waals surface area (Å²) in [5.41, 5.74) is 1.47. The van der Waals surface area contributed by atoms with Crippen molar-refractivity contribution in [2.24, 2.45) is 0 Å². The van der Waals surface area contributed by atoms with E-state index in [1.165, 1.54) is 18.3 Å². The number of carbonyl (C=O) groups excluding carboxylic acids is 2. The number of aromatic nitrogens is 4. The number of carboxylic acid groups (broad SMARTS) is 1. The molecular weight excluding hydrogens is 619 g/mol. The van der Waals surface area contributed by atoms with Crippen molar-refractivity contribution in [2.45, 2.75) is 38.8 Å². The van der Waals surface area contributed by atoms with Crippen LogP contribution in [0.3, 0.4) is 0 Å². The Morgan fingerprint density at radius 2 is 1.74 bits per heavy atom. The lowest BCUT2D eigenvalue weighted by Gasteiger charge is -2.19. The minimum Gasteiger partial charge on any atom is -0.480 e. The van der Waals surface area contributed by atoms with Gasteiger partial charge in [0.05, 0.1) is 11.8 Å². The molecule has 2 heterocycles. The Labute approximate surface area is 267 Å². The number of hydrogen-bond acceptors (Lipinski definition) is 8. The summed E-state index contributed by atoms with van der Waals surface area (Å²) in [7, 11) is 0. The number of carboxylic acids is 1. The molecule has 12 nitrogen and oxygen atoms in total. The molecule has 0 aliphatic rings. The normalized spacial score (nSPS) is 11.9. The number of aromatic amines is 1. The Morgan fingerprint density at radius 3 is 2.39 bits per heavy atom. The number of imidazole rings is 1. The fourth-order valence-electron chi connectivity index (χ4n) is 4.30. The molecule has 1 unspecified atom stereocenters. The van der Waals surface area contributed by atoms with Gasteiger partial charge in [-0.2, -0.15) is 4.98 Å². The lowest BCUT2D eigenvalue weighted by atomic mass is 10.0. The molecule has 5 aromatic rings. The summed E-state index contributed by atoms with van der Waals surface area (Å²) in [6.45, 7) is 5.28. The first-order valence-corrected chi connectivity index (χ1v) is 14.3. The average Bonchev–Trinajstić information content (AvgIpc) is 3.68. The number of nitrogens with one attached hydrogen (secondary N) is 3. The molecule has 0 bridgehead atoms. The zero-order valence-corrected chi connectivity index (χ0v) is 25.6. The third kappa shape index (κ3) is 7.93. The molecule has 1 atom stereocenters. The number of rotatable bonds is 9. The molecule has 236 valence electrons. The molecule has 4 N–H and O–H groups in total. The van der Waals surface area contributed by atoms with Gasteiger partial charge in [0, 0.05) is 28.3 Å². The molecule has 2 aromatic heterocycles. The van der Waals surface area contributed by atoms with E-state index in [-0.39, 0.29) is 29.4 Å². The van der Waals surface area contributed by atoms with Crippen LogP contribution in [0.25, 0.3) is 34.2 Å². The zero-order chi connectivity index (χ0) is 33.0. The summed E-state index contributed by atoms with van der Waals surface area (Å²) in [6, 6.07) is 16.1. The number of ether oxygens (including phenoxy) is 1. The van der Waals surface area contributed by atoms with E-state index in [2.05, 4.69) is 30.7 Å². The molecule has 0 aliphatic carbocycles. The third-order valence-electron chi connectivity index (χ3n) is 6.46. The second-order valence-electron chi connectivity index (χ2n) is 11.2. The number of aliphatic carboxylic acids is 1. The van der Waals surface area contributed by atoms with E-state index in [9.17, 15) is 19.5 Å². The largest absolute Gasteiger partial charge is 0.480 e. The van der Waals surface area contributed by atoms with Gasteiger partial charge in [-0.25, -0.2) is 19.0 Å². The predicted molar refractivity (Wildman–Crippen MR) is 167 cm³/mol. The number of H-pyrrole nitrogens is 1. The first-order valence-electron chi connectivity index (χ1n) is 13.9. The number of nitrogens with zero attached hydrogens (tertiary/aromatic N) is 3. The maximum absolute atomic E-state index is 15.2. The fraction of sp³-hybridized carbons (Fsp3) is 0.188. The van der Waals surface area contributed by atoms with E-state index in [1.807, 2.05) is 0 Å². The van der Waals surface area contributed by atoms with Crippen molar-refractivity contribution in [3.63, 3.8) is 0 Å². The van der Waals surface area contributed by atoms with E-state index >= 15 is 4.39 Å². The Morgan fingerprint density at radius 1 is 1.04 bits per heavy atom. The van der Waals surface area contributed by atoms with Crippen LogP contribution < -0.4 is 10.6 Å². The molecule has 0 radical (unpaired) electrons. The van der Waals surface area contributed by atoms with Gasteiger partial charge in [0.1, 0.15) is 29.0 Å². The maximum atomic E-state index is 15.2. The van der Waals surface area contributed by atoms with Gasteiger partial charge in [0.25, 0.3) is 11.8 Å². The molecule has 3 aromatic carbocycles. The summed E-state index contributed by atoms with van der Waals surface area (Å²) in [4.78, 5) is 48.1. The summed E-state index contributed by atoms with van der Waals surface area (Å²) >= 11 is 5.91. The van der Waals surface area contributed by atoms with Crippen molar-refractivity contribution < 1.29 is 33.1 Å². The SMILES string of the molecule is CC(C)(C)OC(=O)Nc1ccc(-c2nc(-c3ccc(CC(NC(=O)c4cnc(-c5ccc(Cl)cc5)[nH]4)C(=O)O)cc3F)no2)cc1. The van der Waals surface area contributed by atoms with Gasteiger partial charge in [-0.05, 0) is 87.0 Å². The van der Waals surface area contributed by atoms with Crippen LogP contribution in [0.15, 0.2) is 77.4 Å². The fourth-order valence-corrected chi connectivity index (χ4v) is 4.42. The van der Waals surface area contributed by atoms with Gasteiger partial charge < -0.3 is 24.7 Å². The van der Waals surface area contributed by atoms with Crippen molar-refractivity contribution in [3.05, 3.63) is 95.0 Å². The lowest BCUT2D eigenvalue weighted by Crippen LogP contribution is -2.42. The van der Waals surface area contributed by atoms with E-state index < -0.39 is 35.4 Å². The summed E-state index contributed by atoms with van der Waals surface area (Å²) in [5.74, 6) is -2.19. The van der Waals surface area contributed by atoms with Gasteiger partial charge in [-0.15, -0.1) is 0 Å². The molecule has 2 amide bonds. The molecule has 0 fully saturated rings. The van der Waals surface area contributed by atoms with Crippen molar-refractivity contribution in [1.29, 1.82) is 0 Å². The van der Waals surface area contributed by atoms with Crippen LogP contribution in [0.1, 0.15) is 36.8 Å². The van der Waals surface area contributed by atoms with Crippen molar-refractivity contribution >= 4 is 35.3 Å². The molecule has 0 saturated heterocycles. The monoisotopic (exact) mass is 646 g/mol. The molecule has 5 rings (SSSR count). The smallest absolute Gasteiger partial charge is 0.412 e. The predicted octanol–water partition coefficient (Wildman–Crippen LogP) is 6.36.